The summed E-state index contributed by atoms with van der Waals surface area (Å²) in [7, 11) is 0. The summed E-state index contributed by atoms with van der Waals surface area (Å²) < 4.78 is 0. The average molecular weight is 195 g/mol. The van der Waals surface area contributed by atoms with Crippen molar-refractivity contribution in [1.82, 2.24) is 0 Å². The van der Waals surface area contributed by atoms with Crippen LogP contribution in [0.1, 0.15) is 64.7 Å². The summed E-state index contributed by atoms with van der Waals surface area (Å²) in [6.45, 7) is 2.24. The van der Waals surface area contributed by atoms with Gasteiger partial charge in [-0.3, -0.25) is 4.79 Å². The van der Waals surface area contributed by atoms with Crippen molar-refractivity contribution in [3.63, 3.8) is 0 Å². The fourth-order valence-electron chi connectivity index (χ4n) is 1.38. The highest BCUT2D eigenvalue weighted by molar-refractivity contribution is 5.50. The molecule has 1 heteroatoms. The van der Waals surface area contributed by atoms with E-state index in [2.05, 4.69) is 19.1 Å². The Balaban J connectivity index is 2.99. The molecule has 0 atom stereocenters. The van der Waals surface area contributed by atoms with Crippen LogP contribution in [0.15, 0.2) is 12.2 Å². The van der Waals surface area contributed by atoms with Crippen LogP contribution in [0.2, 0.25) is 0 Å². The Morgan fingerprint density at radius 2 is 1.57 bits per heavy atom. The fourth-order valence-corrected chi connectivity index (χ4v) is 1.38. The highest BCUT2D eigenvalue weighted by Gasteiger charge is 1.86. The molecule has 0 N–H and O–H groups in total. The van der Waals surface area contributed by atoms with Crippen molar-refractivity contribution in [2.24, 2.45) is 0 Å². The molecule has 81 valence electrons. The molecule has 0 heterocycles. The van der Waals surface area contributed by atoms with Gasteiger partial charge in [0.05, 0.1) is 0 Å². The number of unbranched alkanes of at least 4 members (excludes halogenated alkanes) is 7. The van der Waals surface area contributed by atoms with E-state index in [1.807, 2.05) is 6.29 Å². The van der Waals surface area contributed by atoms with E-state index < -0.39 is 0 Å². The third-order valence-corrected chi connectivity index (χ3v) is 2.29. The molecule has 0 amide bonds. The van der Waals surface area contributed by atoms with Crippen molar-refractivity contribution in [3.8, 4) is 0 Å². The van der Waals surface area contributed by atoms with Gasteiger partial charge in [-0.15, -0.1) is 0 Å². The average Bonchev–Trinajstić information content (AvgIpc) is 2.21. The molecule has 0 fully saturated rings. The van der Waals surface area contributed by atoms with Crippen LogP contribution in [0.5, 0.6) is 0 Å². The first-order valence-electron chi connectivity index (χ1n) is 5.91. The zero-order valence-electron chi connectivity index (χ0n) is 9.43. The maximum absolute atomic E-state index is 9.90. The van der Waals surface area contributed by atoms with Gasteiger partial charge in [0.25, 0.3) is 0 Å². The molecule has 0 aromatic carbocycles. The maximum Gasteiger partial charge on any atom is 0.198 e. The molecule has 0 unspecified atom stereocenters. The van der Waals surface area contributed by atoms with Gasteiger partial charge in [0.1, 0.15) is 0 Å². The molecule has 1 radical (unpaired) electrons. The Morgan fingerprint density at radius 3 is 2.14 bits per heavy atom. The minimum absolute atomic E-state index is 0.602. The minimum Gasteiger partial charge on any atom is -0.291 e. The van der Waals surface area contributed by atoms with E-state index in [0.717, 1.165) is 19.3 Å². The fraction of sp³-hybridized carbons (Fsp3) is 0.769. The Bertz CT molecular complexity index is 138. The minimum atomic E-state index is 0.602. The van der Waals surface area contributed by atoms with Gasteiger partial charge < -0.3 is 0 Å². The van der Waals surface area contributed by atoms with E-state index in [1.54, 1.807) is 0 Å². The highest BCUT2D eigenvalue weighted by Crippen LogP contribution is 2.04. The summed E-state index contributed by atoms with van der Waals surface area (Å²) in [5.74, 6) is 0. The van der Waals surface area contributed by atoms with Crippen LogP contribution in [-0.2, 0) is 4.79 Å². The first kappa shape index (κ1) is 13.4. The summed E-state index contributed by atoms with van der Waals surface area (Å²) in [5.41, 5.74) is 0. The monoisotopic (exact) mass is 195 g/mol. The van der Waals surface area contributed by atoms with Crippen LogP contribution in [0.25, 0.3) is 0 Å². The second kappa shape index (κ2) is 12.4. The smallest absolute Gasteiger partial charge is 0.198 e. The van der Waals surface area contributed by atoms with Gasteiger partial charge >= 0.3 is 0 Å². The van der Waals surface area contributed by atoms with Crippen LogP contribution in [0, 0.1) is 0 Å². The third kappa shape index (κ3) is 11.4. The van der Waals surface area contributed by atoms with Gasteiger partial charge in [-0.25, -0.2) is 0 Å². The molecule has 0 aromatic rings. The zero-order chi connectivity index (χ0) is 10.5. The quantitative estimate of drug-likeness (QED) is 0.377. The lowest BCUT2D eigenvalue weighted by atomic mass is 10.1. The predicted octanol–water partition coefficient (Wildman–Crippen LogP) is 4.18. The van der Waals surface area contributed by atoms with Gasteiger partial charge in [-0.1, -0.05) is 38.3 Å². The highest BCUT2D eigenvalue weighted by atomic mass is 16.1. The second-order valence-electron chi connectivity index (χ2n) is 3.71. The summed E-state index contributed by atoms with van der Waals surface area (Å²) >= 11 is 0. The molecule has 0 aliphatic rings. The SMILES string of the molecule is CCCCCC/C=C/CCCC[C]=O. The molecule has 0 aliphatic carbocycles. The molecule has 0 spiro atoms. The Hall–Kier alpha value is -0.590. The molecule has 0 saturated heterocycles. The van der Waals surface area contributed by atoms with Gasteiger partial charge in [-0.05, 0) is 32.1 Å². The molecule has 0 bridgehead atoms. The number of rotatable bonds is 10. The van der Waals surface area contributed by atoms with Crippen LogP contribution in [-0.4, -0.2) is 6.29 Å². The second-order valence-corrected chi connectivity index (χ2v) is 3.71. The summed E-state index contributed by atoms with van der Waals surface area (Å²) in [4.78, 5) is 9.90. The molecule has 0 saturated carbocycles. The molecular weight excluding hydrogens is 172 g/mol. The lowest BCUT2D eigenvalue weighted by molar-refractivity contribution is 0.547. The van der Waals surface area contributed by atoms with Crippen molar-refractivity contribution in [2.75, 3.05) is 0 Å². The number of carbonyl (C=O) groups excluding carboxylic acids is 1. The molecular formula is C13H23O. The van der Waals surface area contributed by atoms with Gasteiger partial charge in [0, 0.05) is 6.42 Å². The van der Waals surface area contributed by atoms with Crippen LogP contribution >= 0.6 is 0 Å². The van der Waals surface area contributed by atoms with Crippen molar-refractivity contribution in [3.05, 3.63) is 12.2 Å². The lowest BCUT2D eigenvalue weighted by Gasteiger charge is -1.94. The number of allylic oxidation sites excluding steroid dienone is 2. The zero-order valence-corrected chi connectivity index (χ0v) is 9.43. The van der Waals surface area contributed by atoms with Crippen molar-refractivity contribution >= 4 is 6.29 Å². The van der Waals surface area contributed by atoms with Crippen molar-refractivity contribution in [1.29, 1.82) is 0 Å². The summed E-state index contributed by atoms with van der Waals surface area (Å²) in [5, 5.41) is 0. The Morgan fingerprint density at radius 1 is 0.929 bits per heavy atom. The molecule has 14 heavy (non-hydrogen) atoms. The van der Waals surface area contributed by atoms with E-state index in [9.17, 15) is 4.79 Å². The molecule has 0 rings (SSSR count). The maximum atomic E-state index is 9.90. The van der Waals surface area contributed by atoms with E-state index in [4.69, 9.17) is 0 Å². The lowest BCUT2D eigenvalue weighted by Crippen LogP contribution is -1.77. The first-order chi connectivity index (χ1) is 6.91. The molecule has 1 nitrogen and oxygen atoms in total. The van der Waals surface area contributed by atoms with Gasteiger partial charge in [0.2, 0.25) is 0 Å². The van der Waals surface area contributed by atoms with Crippen LogP contribution in [0.4, 0.5) is 0 Å². The summed E-state index contributed by atoms with van der Waals surface area (Å²) in [6, 6.07) is 0. The van der Waals surface area contributed by atoms with E-state index in [-0.39, 0.29) is 0 Å². The summed E-state index contributed by atoms with van der Waals surface area (Å²) in [6.07, 6.45) is 16.9. The number of hydrogen-bond donors (Lipinski definition) is 0. The first-order valence-corrected chi connectivity index (χ1v) is 5.91. The standard InChI is InChI=1S/C13H23O/c1-2-3-4-5-6-7-8-9-10-11-12-13-14/h7-8H,2-6,9-12H2,1H3/b8-7+. The van der Waals surface area contributed by atoms with Crippen LogP contribution in [0.3, 0.4) is 0 Å². The van der Waals surface area contributed by atoms with Gasteiger partial charge in [0.15, 0.2) is 6.29 Å². The topological polar surface area (TPSA) is 17.1 Å². The van der Waals surface area contributed by atoms with Crippen molar-refractivity contribution in [2.45, 2.75) is 64.7 Å². The molecule has 0 aromatic heterocycles. The normalized spacial score (nSPS) is 10.9. The van der Waals surface area contributed by atoms with Crippen LogP contribution < -0.4 is 0 Å². The van der Waals surface area contributed by atoms with E-state index >= 15 is 0 Å². The van der Waals surface area contributed by atoms with Gasteiger partial charge in [-0.2, -0.15) is 0 Å². The predicted molar refractivity (Wildman–Crippen MR) is 62.1 cm³/mol. The van der Waals surface area contributed by atoms with Crippen molar-refractivity contribution < 1.29 is 4.79 Å². The van der Waals surface area contributed by atoms with E-state index in [1.165, 1.54) is 32.1 Å². The largest absolute Gasteiger partial charge is 0.291 e. The molecule has 0 aliphatic heterocycles. The third-order valence-electron chi connectivity index (χ3n) is 2.29. The Kier molecular flexibility index (Phi) is 11.9. The van der Waals surface area contributed by atoms with E-state index in [0.29, 0.717) is 6.42 Å². The Labute approximate surface area is 88.6 Å². The number of hydrogen-bond acceptors (Lipinski definition) is 1.